The van der Waals surface area contributed by atoms with Gasteiger partial charge in [-0.05, 0) is 30.3 Å². The molecule has 0 amide bonds. The zero-order valence-electron chi connectivity index (χ0n) is 11.7. The Kier molecular flexibility index (Phi) is 3.75. The molecule has 4 N–H and O–H groups in total. The lowest BCUT2D eigenvalue weighted by molar-refractivity contribution is 0.648. The second kappa shape index (κ2) is 5.69. The highest BCUT2D eigenvalue weighted by Crippen LogP contribution is 2.23. The quantitative estimate of drug-likeness (QED) is 0.890. The van der Waals surface area contributed by atoms with E-state index in [1.54, 1.807) is 6.07 Å². The van der Waals surface area contributed by atoms with Gasteiger partial charge in [0.2, 0.25) is 0 Å². The molecule has 1 aromatic carbocycles. The zero-order valence-corrected chi connectivity index (χ0v) is 12.4. The second-order valence-electron chi connectivity index (χ2n) is 5.10. The summed E-state index contributed by atoms with van der Waals surface area (Å²) in [5.41, 5.74) is 13.2. The number of nitrogens with two attached hydrogens (primary N) is 2. The van der Waals surface area contributed by atoms with Crippen LogP contribution in [0, 0.1) is 0 Å². The van der Waals surface area contributed by atoms with Crippen LogP contribution in [0.15, 0.2) is 36.4 Å². The average Bonchev–Trinajstić information content (AvgIpc) is 2.50. The summed E-state index contributed by atoms with van der Waals surface area (Å²) in [6.07, 6.45) is 0. The molecule has 0 spiro atoms. The third-order valence-corrected chi connectivity index (χ3v) is 3.95. The molecule has 0 saturated carbocycles. The average molecular weight is 304 g/mol. The number of hydrogen-bond acceptors (Lipinski definition) is 5. The molecule has 0 atom stereocenters. The number of anilines is 4. The standard InChI is InChI=1S/C15H18ClN5/c16-11-2-1-3-12(10-11)20-6-8-21(9-7-20)14-5-4-13(17)15(18)19-14/h1-5,10H,6-9,17H2,(H2,18,19). The number of pyridine rings is 1. The monoisotopic (exact) mass is 303 g/mol. The van der Waals surface area contributed by atoms with Gasteiger partial charge in [-0.1, -0.05) is 17.7 Å². The summed E-state index contributed by atoms with van der Waals surface area (Å²) in [6.45, 7) is 3.63. The molecule has 3 rings (SSSR count). The molecule has 1 aliphatic heterocycles. The molecule has 0 aliphatic carbocycles. The van der Waals surface area contributed by atoms with Gasteiger partial charge in [0.15, 0.2) is 0 Å². The highest BCUT2D eigenvalue weighted by molar-refractivity contribution is 6.30. The van der Waals surface area contributed by atoms with Crippen molar-refractivity contribution in [1.29, 1.82) is 0 Å². The van der Waals surface area contributed by atoms with E-state index in [-0.39, 0.29) is 0 Å². The molecule has 6 heteroatoms. The Labute approximate surface area is 129 Å². The van der Waals surface area contributed by atoms with E-state index in [0.29, 0.717) is 11.5 Å². The Morgan fingerprint density at radius 2 is 1.67 bits per heavy atom. The smallest absolute Gasteiger partial charge is 0.149 e. The first-order valence-electron chi connectivity index (χ1n) is 6.91. The molecule has 1 aliphatic rings. The van der Waals surface area contributed by atoms with Crippen molar-refractivity contribution in [2.75, 3.05) is 47.4 Å². The number of nitrogen functional groups attached to an aromatic ring is 2. The summed E-state index contributed by atoms with van der Waals surface area (Å²) < 4.78 is 0. The van der Waals surface area contributed by atoms with E-state index in [2.05, 4.69) is 20.9 Å². The van der Waals surface area contributed by atoms with Crippen LogP contribution in [0.2, 0.25) is 5.02 Å². The Morgan fingerprint density at radius 3 is 2.33 bits per heavy atom. The highest BCUT2D eigenvalue weighted by Gasteiger charge is 2.18. The van der Waals surface area contributed by atoms with Gasteiger partial charge in [-0.25, -0.2) is 4.98 Å². The molecule has 2 heterocycles. The lowest BCUT2D eigenvalue weighted by atomic mass is 10.2. The maximum absolute atomic E-state index is 6.05. The van der Waals surface area contributed by atoms with Gasteiger partial charge in [0, 0.05) is 36.9 Å². The molecule has 0 bridgehead atoms. The Hall–Kier alpha value is -2.14. The van der Waals surface area contributed by atoms with Crippen molar-refractivity contribution < 1.29 is 0 Å². The minimum absolute atomic E-state index is 0.393. The Balaban J connectivity index is 1.68. The van der Waals surface area contributed by atoms with Crippen LogP contribution in [0.5, 0.6) is 0 Å². The van der Waals surface area contributed by atoms with Crippen molar-refractivity contribution in [3.05, 3.63) is 41.4 Å². The van der Waals surface area contributed by atoms with Crippen LogP contribution in [0.4, 0.5) is 23.0 Å². The summed E-state index contributed by atoms with van der Waals surface area (Å²) in [6, 6.07) is 11.7. The van der Waals surface area contributed by atoms with Crippen LogP contribution in [0.25, 0.3) is 0 Å². The summed E-state index contributed by atoms with van der Waals surface area (Å²) >= 11 is 6.05. The van der Waals surface area contributed by atoms with Gasteiger partial charge in [-0.3, -0.25) is 0 Å². The van der Waals surface area contributed by atoms with E-state index in [1.165, 1.54) is 0 Å². The van der Waals surface area contributed by atoms with Gasteiger partial charge in [0.05, 0.1) is 5.69 Å². The SMILES string of the molecule is Nc1ccc(N2CCN(c3cccc(Cl)c3)CC2)nc1N. The molecule has 1 fully saturated rings. The predicted octanol–water partition coefficient (Wildman–Crippen LogP) is 2.23. The number of aromatic nitrogens is 1. The minimum Gasteiger partial charge on any atom is -0.396 e. The third-order valence-electron chi connectivity index (χ3n) is 3.72. The molecule has 5 nitrogen and oxygen atoms in total. The van der Waals surface area contributed by atoms with E-state index in [0.717, 1.165) is 42.7 Å². The Bertz CT molecular complexity index is 638. The topological polar surface area (TPSA) is 71.4 Å². The van der Waals surface area contributed by atoms with E-state index < -0.39 is 0 Å². The zero-order chi connectivity index (χ0) is 14.8. The van der Waals surface area contributed by atoms with Crippen molar-refractivity contribution in [2.24, 2.45) is 0 Å². The Morgan fingerprint density at radius 1 is 0.952 bits per heavy atom. The largest absolute Gasteiger partial charge is 0.396 e. The number of rotatable bonds is 2. The summed E-state index contributed by atoms with van der Waals surface area (Å²) in [5, 5.41) is 0.767. The first-order valence-corrected chi connectivity index (χ1v) is 7.29. The van der Waals surface area contributed by atoms with Crippen molar-refractivity contribution in [1.82, 2.24) is 4.98 Å². The number of hydrogen-bond donors (Lipinski definition) is 2. The van der Waals surface area contributed by atoms with Crippen molar-refractivity contribution in [3.8, 4) is 0 Å². The molecule has 0 radical (unpaired) electrons. The van der Waals surface area contributed by atoms with Crippen molar-refractivity contribution >= 4 is 34.6 Å². The lowest BCUT2D eigenvalue weighted by Gasteiger charge is -2.36. The molecular formula is C15H18ClN5. The van der Waals surface area contributed by atoms with Crippen LogP contribution in [0.1, 0.15) is 0 Å². The van der Waals surface area contributed by atoms with Gasteiger partial charge in [0.1, 0.15) is 11.6 Å². The normalized spacial score (nSPS) is 15.3. The minimum atomic E-state index is 0.393. The third kappa shape index (κ3) is 2.97. The van der Waals surface area contributed by atoms with Gasteiger partial charge in [-0.2, -0.15) is 0 Å². The highest BCUT2D eigenvalue weighted by atomic mass is 35.5. The first kappa shape index (κ1) is 13.8. The fourth-order valence-electron chi connectivity index (χ4n) is 2.52. The maximum Gasteiger partial charge on any atom is 0.149 e. The van der Waals surface area contributed by atoms with E-state index >= 15 is 0 Å². The van der Waals surface area contributed by atoms with Crippen molar-refractivity contribution in [2.45, 2.75) is 0 Å². The van der Waals surface area contributed by atoms with Crippen LogP contribution >= 0.6 is 11.6 Å². The number of piperazine rings is 1. The van der Waals surface area contributed by atoms with Gasteiger partial charge in [-0.15, -0.1) is 0 Å². The fraction of sp³-hybridized carbons (Fsp3) is 0.267. The predicted molar refractivity (Wildman–Crippen MR) is 88.9 cm³/mol. The van der Waals surface area contributed by atoms with Crippen molar-refractivity contribution in [3.63, 3.8) is 0 Å². The lowest BCUT2D eigenvalue weighted by Crippen LogP contribution is -2.46. The van der Waals surface area contributed by atoms with Gasteiger partial charge >= 0.3 is 0 Å². The number of nitrogens with zero attached hydrogens (tertiary/aromatic N) is 3. The van der Waals surface area contributed by atoms with Gasteiger partial charge in [0.25, 0.3) is 0 Å². The first-order chi connectivity index (χ1) is 10.1. The molecule has 1 saturated heterocycles. The second-order valence-corrected chi connectivity index (χ2v) is 5.53. The van der Waals surface area contributed by atoms with E-state index in [1.807, 2.05) is 24.3 Å². The maximum atomic E-state index is 6.05. The summed E-state index contributed by atoms with van der Waals surface area (Å²) in [7, 11) is 0. The number of halogens is 1. The molecule has 21 heavy (non-hydrogen) atoms. The van der Waals surface area contributed by atoms with Crippen LogP contribution < -0.4 is 21.3 Å². The van der Waals surface area contributed by atoms with Crippen LogP contribution in [0.3, 0.4) is 0 Å². The summed E-state index contributed by atoms with van der Waals surface area (Å²) in [5.74, 6) is 1.28. The molecule has 110 valence electrons. The molecule has 0 unspecified atom stereocenters. The summed E-state index contributed by atoms with van der Waals surface area (Å²) in [4.78, 5) is 8.89. The van der Waals surface area contributed by atoms with Crippen LogP contribution in [-0.4, -0.2) is 31.2 Å². The van der Waals surface area contributed by atoms with E-state index in [9.17, 15) is 0 Å². The van der Waals surface area contributed by atoms with Gasteiger partial charge < -0.3 is 21.3 Å². The van der Waals surface area contributed by atoms with E-state index in [4.69, 9.17) is 23.1 Å². The molecular weight excluding hydrogens is 286 g/mol. The fourth-order valence-corrected chi connectivity index (χ4v) is 2.70. The molecule has 1 aromatic heterocycles. The van der Waals surface area contributed by atoms with Crippen LogP contribution in [-0.2, 0) is 0 Å². The molecule has 2 aromatic rings. The number of benzene rings is 1.